The summed E-state index contributed by atoms with van der Waals surface area (Å²) in [6.07, 6.45) is 11.5. The summed E-state index contributed by atoms with van der Waals surface area (Å²) in [6.45, 7) is 27.1. The number of piperidine rings is 1. The number of rotatable bonds is 35. The number of ether oxygens (including phenoxy) is 2. The number of anilines is 2. The second-order valence-electron chi connectivity index (χ2n) is 33.2. The van der Waals surface area contributed by atoms with Crippen LogP contribution in [-0.4, -0.2) is 190 Å². The van der Waals surface area contributed by atoms with Crippen LogP contribution in [0.15, 0.2) is 129 Å². The van der Waals surface area contributed by atoms with Crippen molar-refractivity contribution in [2.45, 2.75) is 192 Å². The molecule has 5 atom stereocenters. The highest BCUT2D eigenvalue weighted by atomic mass is 32.2. The lowest BCUT2D eigenvalue weighted by atomic mass is 9.33. The summed E-state index contributed by atoms with van der Waals surface area (Å²) in [6, 6.07) is 27.7. The van der Waals surface area contributed by atoms with Crippen LogP contribution in [0.25, 0.3) is 11.3 Å². The van der Waals surface area contributed by atoms with Gasteiger partial charge in [0, 0.05) is 130 Å². The number of sulfonamides is 1. The lowest BCUT2D eigenvalue weighted by Crippen LogP contribution is -2.61. The normalized spacial score (nSPS) is 22.1. The fraction of sp³-hybridized carbons (Fsp3) is 0.578. The predicted octanol–water partition coefficient (Wildman–Crippen LogP) is 11.2. The van der Waals surface area contributed by atoms with Crippen molar-refractivity contribution in [2.24, 2.45) is 27.6 Å². The van der Waals surface area contributed by atoms with Gasteiger partial charge in [-0.15, -0.1) is 11.8 Å². The lowest BCUT2D eigenvalue weighted by Gasteiger charge is -2.72. The molecule has 24 heteroatoms. The third kappa shape index (κ3) is 21.3. The number of piperazine rings is 1. The van der Waals surface area contributed by atoms with E-state index in [1.807, 2.05) is 75.4 Å². The number of likely N-dealkylation sites (tertiary alicyclic amines) is 2. The Morgan fingerprint density at radius 1 is 0.794 bits per heavy atom. The van der Waals surface area contributed by atoms with Gasteiger partial charge in [0.1, 0.15) is 17.9 Å². The molecule has 22 nitrogen and oxygen atoms in total. The zero-order valence-corrected chi connectivity index (χ0v) is 65.9. The van der Waals surface area contributed by atoms with Gasteiger partial charge >= 0.3 is 0 Å². The van der Waals surface area contributed by atoms with Crippen LogP contribution in [0.3, 0.4) is 0 Å². The summed E-state index contributed by atoms with van der Waals surface area (Å²) in [5.74, 6) is -0.758. The number of ketones is 1. The molecule has 107 heavy (non-hydrogen) atoms. The summed E-state index contributed by atoms with van der Waals surface area (Å²) in [5.41, 5.74) is 9.53. The Morgan fingerprint density at radius 2 is 1.49 bits per heavy atom. The zero-order chi connectivity index (χ0) is 76.3. The molecule has 3 aliphatic heterocycles. The number of allylic oxidation sites excluding steroid dienone is 1. The van der Waals surface area contributed by atoms with Crippen molar-refractivity contribution in [3.8, 4) is 11.3 Å². The lowest BCUT2D eigenvalue weighted by molar-refractivity contribution is -0.167. The molecule has 12 rings (SSSR count). The van der Waals surface area contributed by atoms with Crippen molar-refractivity contribution in [3.63, 3.8) is 0 Å². The van der Waals surface area contributed by atoms with Gasteiger partial charge < -0.3 is 55.0 Å². The maximum atomic E-state index is 14.2. The van der Waals surface area contributed by atoms with E-state index in [9.17, 15) is 42.3 Å². The van der Waals surface area contributed by atoms with E-state index >= 15 is 0 Å². The van der Waals surface area contributed by atoms with Crippen LogP contribution in [0, 0.1) is 41.4 Å². The van der Waals surface area contributed by atoms with Crippen molar-refractivity contribution in [1.29, 1.82) is 0 Å². The summed E-state index contributed by atoms with van der Waals surface area (Å²) >= 11 is 1.76. The maximum Gasteiger partial charge on any atom is 0.264 e. The number of hydrogen-bond acceptors (Lipinski definition) is 18. The predicted molar refractivity (Wildman–Crippen MR) is 417 cm³/mol. The van der Waals surface area contributed by atoms with E-state index in [0.717, 1.165) is 116 Å². The molecule has 4 heterocycles. The van der Waals surface area contributed by atoms with E-state index in [1.54, 1.807) is 74.0 Å². The van der Waals surface area contributed by atoms with Gasteiger partial charge in [-0.3, -0.25) is 33.7 Å². The van der Waals surface area contributed by atoms with Crippen LogP contribution in [0.1, 0.15) is 172 Å². The van der Waals surface area contributed by atoms with E-state index in [0.29, 0.717) is 54.7 Å². The van der Waals surface area contributed by atoms with Crippen LogP contribution in [0.5, 0.6) is 0 Å². The molecule has 5 amide bonds. The van der Waals surface area contributed by atoms with E-state index in [4.69, 9.17) is 13.9 Å². The summed E-state index contributed by atoms with van der Waals surface area (Å²) in [5, 5.41) is 23.0. The molecule has 2 bridgehead atoms. The number of nitrogens with zero attached hydrogens (tertiary/aromatic N) is 5. The first-order chi connectivity index (χ1) is 51.0. The average Bonchev–Trinajstić information content (AvgIpc) is 0.940. The number of amides is 5. The highest BCUT2D eigenvalue weighted by Crippen LogP contribution is 2.77. The van der Waals surface area contributed by atoms with E-state index in [2.05, 4.69) is 78.6 Å². The number of aliphatic hydroxyl groups is 1. The largest absolute Gasteiger partial charge is 0.443 e. The molecule has 1 aromatic heterocycles. The number of aromatic nitrogens is 1. The first-order valence-corrected chi connectivity index (χ1v) is 41.2. The summed E-state index contributed by atoms with van der Waals surface area (Å²) < 4.78 is 46.8. The molecule has 4 aromatic carbocycles. The molecule has 4 aliphatic carbocycles. The summed E-state index contributed by atoms with van der Waals surface area (Å²) in [4.78, 5) is 94.9. The molecule has 3 saturated carbocycles. The van der Waals surface area contributed by atoms with Gasteiger partial charge in [-0.1, -0.05) is 95.2 Å². The van der Waals surface area contributed by atoms with E-state index in [-0.39, 0.29) is 73.1 Å². The molecule has 3 saturated heterocycles. The van der Waals surface area contributed by atoms with Gasteiger partial charge in [0.15, 0.2) is 12.2 Å². The molecule has 6 N–H and O–H groups in total. The van der Waals surface area contributed by atoms with Crippen molar-refractivity contribution < 1.29 is 56.2 Å². The number of Topliss-reactive ketones (excluding diaryl/α,β-unsaturated/α-hetero) is 1. The number of oxazole rings is 1. The molecule has 6 fully saturated rings. The van der Waals surface area contributed by atoms with E-state index in [1.165, 1.54) is 49.8 Å². The standard InChI is InChI=1S/C83H114N10O12S2/c1-56-46-68(107(101,102)89-77(98)62-21-23-65(24-22-62)92-40-38-91(39-41-92)49-63-29-33-81(7,8)48-69(63)83-52-82(9,53-83)54-83)25-26-70(56)87-64(51-106-67-14-11-10-12-15-67)32-37-90-35-30-60(31-36-90)72(95)16-13-42-103-44-45-104-43-34-84-73(96)27-28-74(97)88-76(80(4,5)6)79(100)93-50-66(94)47-71(93)78(99)86-57(2)59-17-19-61(20-18-59)75-58(3)85-55-105-75/h10-12,14-15,17-26,46,55,57,60,64,66,71,76,87,94H,13,16,27-45,47-54H2,1-9H3,(H,84,96)(H,86,99)(H,88,97)(H,89,98)/t57-,64+,66+,71-,76+,82?,83?/m0/s1. The first kappa shape index (κ1) is 80.6. The Morgan fingerprint density at radius 3 is 2.15 bits per heavy atom. The minimum absolute atomic E-state index is 0.000691. The van der Waals surface area contributed by atoms with Crippen molar-refractivity contribution >= 4 is 68.5 Å². The Balaban J connectivity index is 0.541. The number of carbonyl (C=O) groups excluding carboxylic acids is 6. The molecular formula is C83H114N10O12S2. The topological polar surface area (TPSA) is 274 Å². The van der Waals surface area contributed by atoms with Crippen LogP contribution in [0.4, 0.5) is 11.4 Å². The third-order valence-corrected chi connectivity index (χ3v) is 25.3. The minimum Gasteiger partial charge on any atom is -0.443 e. The van der Waals surface area contributed by atoms with Crippen molar-refractivity contribution in [2.75, 3.05) is 108 Å². The van der Waals surface area contributed by atoms with Gasteiger partial charge in [0.05, 0.1) is 42.6 Å². The van der Waals surface area contributed by atoms with Gasteiger partial charge in [-0.2, -0.15) is 0 Å². The molecule has 7 aliphatic rings. The molecule has 580 valence electrons. The highest BCUT2D eigenvalue weighted by molar-refractivity contribution is 7.99. The number of hydrogen-bond donors (Lipinski definition) is 6. The molecule has 5 aromatic rings. The van der Waals surface area contributed by atoms with Gasteiger partial charge in [0.25, 0.3) is 15.9 Å². The molecule has 0 spiro atoms. The zero-order valence-electron chi connectivity index (χ0n) is 64.3. The number of aliphatic hydroxyl groups excluding tert-OH is 1. The van der Waals surface area contributed by atoms with Crippen LogP contribution >= 0.6 is 11.8 Å². The van der Waals surface area contributed by atoms with Crippen LogP contribution in [0.2, 0.25) is 0 Å². The number of benzene rings is 4. The van der Waals surface area contributed by atoms with Gasteiger partial charge in [-0.25, -0.2) is 18.1 Å². The second kappa shape index (κ2) is 35.5. The molecule has 0 radical (unpaired) electrons. The fourth-order valence-electron chi connectivity index (χ4n) is 16.8. The van der Waals surface area contributed by atoms with Crippen molar-refractivity contribution in [3.05, 3.63) is 137 Å². The number of aryl methyl sites for hydroxylation is 2. The Kier molecular flexibility index (Phi) is 26.7. The SMILES string of the molecule is Cc1cc(S(=O)(=O)NC(=O)c2ccc(N3CCN(CC4=C(C56CC(C)(C5)C6)CC(C)(C)CC4)CC3)cc2)ccc1N[C@H](CCN1CCC(C(=O)CCCOCCOCCNC(=O)CCC(=O)N[C@H](C(=O)N2C[C@H](O)C[C@H]2C(=O)N[C@@H](C)c2ccc(-c3ocnc3C)cc2)C(C)(C)C)CC1)CSc1ccccc1. The number of thioether (sulfide) groups is 1. The van der Waals surface area contributed by atoms with Crippen LogP contribution in [-0.2, 0) is 43.5 Å². The fourth-order valence-corrected chi connectivity index (χ4v) is 18.8. The van der Waals surface area contributed by atoms with Crippen molar-refractivity contribution in [1.82, 2.24) is 40.4 Å². The number of nitrogens with one attached hydrogen (secondary N) is 5. The molecule has 0 unspecified atom stereocenters. The first-order valence-electron chi connectivity index (χ1n) is 38.7. The quantitative estimate of drug-likeness (QED) is 0.0125. The summed E-state index contributed by atoms with van der Waals surface area (Å²) in [7, 11) is -4.19. The Hall–Kier alpha value is -7.45. The Labute approximate surface area is 637 Å². The molecular weight excluding hydrogens is 1390 g/mol. The maximum absolute atomic E-state index is 14.2. The van der Waals surface area contributed by atoms with Gasteiger partial charge in [0.2, 0.25) is 23.6 Å². The average molecular weight is 1510 g/mol. The Bertz CT molecular complexity index is 4030. The monoisotopic (exact) mass is 1510 g/mol. The van der Waals surface area contributed by atoms with E-state index < -0.39 is 63.3 Å². The third-order valence-electron chi connectivity index (χ3n) is 22.8. The smallest absolute Gasteiger partial charge is 0.264 e. The number of carbonyl (C=O) groups is 6. The second-order valence-corrected chi connectivity index (χ2v) is 35.9. The van der Waals surface area contributed by atoms with Crippen LogP contribution < -0.4 is 30.9 Å². The minimum atomic E-state index is -4.19. The highest BCUT2D eigenvalue weighted by Gasteiger charge is 2.67. The number of β-amino-alcohol motifs (C(OH)–C–C–N with tert-alkyl or cyclic N) is 1. The van der Waals surface area contributed by atoms with Gasteiger partial charge in [-0.05, 0) is 185 Å².